The Bertz CT molecular complexity index is 554. The lowest BCUT2D eigenvalue weighted by Crippen LogP contribution is -2.44. The van der Waals surface area contributed by atoms with Gasteiger partial charge in [0.15, 0.2) is 0 Å². The number of rotatable bonds is 3. The first-order chi connectivity index (χ1) is 10.1. The summed E-state index contributed by atoms with van der Waals surface area (Å²) in [4.78, 5) is 15.3. The van der Waals surface area contributed by atoms with Crippen LogP contribution in [0.3, 0.4) is 0 Å². The summed E-state index contributed by atoms with van der Waals surface area (Å²) >= 11 is 0. The molecule has 0 spiro atoms. The number of allylic oxidation sites excluding steroid dienone is 1. The molecule has 3 unspecified atom stereocenters. The first-order valence-electron chi connectivity index (χ1n) is 7.41. The minimum Gasteiger partial charge on any atom is -0.465 e. The Labute approximate surface area is 125 Å². The van der Waals surface area contributed by atoms with Gasteiger partial charge in [-0.3, -0.25) is 9.78 Å². The van der Waals surface area contributed by atoms with Gasteiger partial charge in [-0.1, -0.05) is 17.7 Å². The number of carbonyl (C=O) groups excluding carboxylic acids is 1. The zero-order chi connectivity index (χ0) is 14.9. The van der Waals surface area contributed by atoms with Gasteiger partial charge in [0.2, 0.25) is 0 Å². The van der Waals surface area contributed by atoms with E-state index in [2.05, 4.69) is 24.1 Å². The molecule has 2 aliphatic rings. The van der Waals surface area contributed by atoms with E-state index < -0.39 is 0 Å². The minimum atomic E-state index is -0.221. The summed E-state index contributed by atoms with van der Waals surface area (Å²) in [7, 11) is 0. The summed E-state index contributed by atoms with van der Waals surface area (Å²) in [5.41, 5.74) is 2.43. The van der Waals surface area contributed by atoms with Crippen molar-refractivity contribution in [2.24, 2.45) is 11.3 Å². The van der Waals surface area contributed by atoms with Crippen LogP contribution in [0.4, 0.5) is 0 Å². The third-order valence-corrected chi connectivity index (χ3v) is 4.62. The van der Waals surface area contributed by atoms with E-state index >= 15 is 0 Å². The van der Waals surface area contributed by atoms with Gasteiger partial charge in [-0.15, -0.1) is 0 Å². The van der Waals surface area contributed by atoms with Crippen molar-refractivity contribution in [3.05, 3.63) is 41.7 Å². The maximum Gasteiger partial charge on any atom is 0.302 e. The lowest BCUT2D eigenvalue weighted by Gasteiger charge is -2.47. The van der Waals surface area contributed by atoms with Gasteiger partial charge in [0.1, 0.15) is 0 Å². The number of esters is 1. The molecule has 0 radical (unpaired) electrons. The fraction of sp³-hybridized carbons (Fsp3) is 0.529. The highest BCUT2D eigenvalue weighted by atomic mass is 16.5. The van der Waals surface area contributed by atoms with E-state index in [1.54, 1.807) is 6.20 Å². The topological polar surface area (TPSA) is 48.4 Å². The molecule has 112 valence electrons. The molecule has 2 heterocycles. The highest BCUT2D eigenvalue weighted by Gasteiger charge is 2.45. The maximum atomic E-state index is 11.1. The Morgan fingerprint density at radius 2 is 2.43 bits per heavy atom. The van der Waals surface area contributed by atoms with Crippen molar-refractivity contribution in [3.63, 3.8) is 0 Å². The molecule has 1 aromatic rings. The zero-order valence-electron chi connectivity index (χ0n) is 12.5. The maximum absolute atomic E-state index is 11.1. The third-order valence-electron chi connectivity index (χ3n) is 4.62. The summed E-state index contributed by atoms with van der Waals surface area (Å²) in [5.74, 6) is 0.119. The number of nitrogens with zero attached hydrogens (tertiary/aromatic N) is 1. The molecular weight excluding hydrogens is 266 g/mol. The number of pyridine rings is 1. The number of hydrogen-bond acceptors (Lipinski definition) is 4. The molecule has 0 saturated carbocycles. The Morgan fingerprint density at radius 3 is 3.14 bits per heavy atom. The van der Waals surface area contributed by atoms with Gasteiger partial charge in [0.05, 0.1) is 19.3 Å². The number of carbonyl (C=O) groups is 1. The van der Waals surface area contributed by atoms with Crippen LogP contribution in [0.1, 0.15) is 38.4 Å². The van der Waals surface area contributed by atoms with Crippen molar-refractivity contribution in [2.75, 3.05) is 13.2 Å². The number of fused-ring (bicyclic) bond motifs is 2. The van der Waals surface area contributed by atoms with E-state index in [0.717, 1.165) is 18.4 Å². The van der Waals surface area contributed by atoms with Crippen LogP contribution in [0.15, 0.2) is 36.2 Å². The molecule has 21 heavy (non-hydrogen) atoms. The molecule has 1 fully saturated rings. The largest absolute Gasteiger partial charge is 0.465 e. The zero-order valence-corrected chi connectivity index (χ0v) is 12.5. The SMILES string of the molecule is CC(=O)OCC12CC=C(C)C(C1)C(c1cccnc1)OC2. The van der Waals surface area contributed by atoms with Crippen molar-refractivity contribution >= 4 is 5.97 Å². The first kappa shape index (κ1) is 14.3. The van der Waals surface area contributed by atoms with Gasteiger partial charge >= 0.3 is 5.97 Å². The molecule has 1 aliphatic carbocycles. The monoisotopic (exact) mass is 287 g/mol. The second-order valence-corrected chi connectivity index (χ2v) is 6.26. The molecule has 4 nitrogen and oxygen atoms in total. The van der Waals surface area contributed by atoms with Crippen molar-refractivity contribution in [1.82, 2.24) is 4.98 Å². The van der Waals surface area contributed by atoms with Crippen LogP contribution >= 0.6 is 0 Å². The van der Waals surface area contributed by atoms with Crippen LogP contribution in [0.2, 0.25) is 0 Å². The summed E-state index contributed by atoms with van der Waals surface area (Å²) in [6, 6.07) is 4.01. The highest BCUT2D eigenvalue weighted by molar-refractivity contribution is 5.65. The Kier molecular flexibility index (Phi) is 3.81. The van der Waals surface area contributed by atoms with E-state index in [1.807, 2.05) is 12.3 Å². The van der Waals surface area contributed by atoms with E-state index in [4.69, 9.17) is 9.47 Å². The Balaban J connectivity index is 1.81. The van der Waals surface area contributed by atoms with Crippen molar-refractivity contribution in [1.29, 1.82) is 0 Å². The molecule has 2 bridgehead atoms. The van der Waals surface area contributed by atoms with Crippen molar-refractivity contribution < 1.29 is 14.3 Å². The standard InChI is InChI=1S/C17H21NO3/c1-12-5-6-17(10-20-13(2)19)8-15(12)16(21-11-17)14-4-3-7-18-9-14/h3-5,7,9,15-16H,6,8,10-11H2,1-2H3. The smallest absolute Gasteiger partial charge is 0.302 e. The Hall–Kier alpha value is -1.68. The van der Waals surface area contributed by atoms with Crippen LogP contribution in [-0.2, 0) is 14.3 Å². The van der Waals surface area contributed by atoms with Crippen LogP contribution in [0.25, 0.3) is 0 Å². The summed E-state index contributed by atoms with van der Waals surface area (Å²) in [5, 5.41) is 0. The first-order valence-corrected chi connectivity index (χ1v) is 7.41. The molecule has 4 heteroatoms. The molecule has 0 amide bonds. The molecule has 3 atom stereocenters. The molecular formula is C17H21NO3. The number of hydrogen-bond donors (Lipinski definition) is 0. The number of ether oxygens (including phenoxy) is 2. The molecule has 0 aromatic carbocycles. The average Bonchev–Trinajstić information content (AvgIpc) is 2.51. The molecule has 3 rings (SSSR count). The van der Waals surface area contributed by atoms with Gasteiger partial charge in [-0.05, 0) is 31.4 Å². The number of aromatic nitrogens is 1. The lowest BCUT2D eigenvalue weighted by atomic mass is 9.67. The fourth-order valence-corrected chi connectivity index (χ4v) is 3.37. The second-order valence-electron chi connectivity index (χ2n) is 6.26. The van der Waals surface area contributed by atoms with Gasteiger partial charge < -0.3 is 9.47 Å². The van der Waals surface area contributed by atoms with Crippen molar-refractivity contribution in [2.45, 2.75) is 32.8 Å². The predicted octanol–water partition coefficient (Wildman–Crippen LogP) is 3.06. The van der Waals surface area contributed by atoms with E-state index in [1.165, 1.54) is 12.5 Å². The minimum absolute atomic E-state index is 0.0562. The van der Waals surface area contributed by atoms with Crippen LogP contribution < -0.4 is 0 Å². The molecule has 1 aromatic heterocycles. The van der Waals surface area contributed by atoms with Crippen LogP contribution in [0, 0.1) is 11.3 Å². The molecule has 1 aliphatic heterocycles. The van der Waals surface area contributed by atoms with Crippen LogP contribution in [-0.4, -0.2) is 24.2 Å². The predicted molar refractivity (Wildman–Crippen MR) is 78.5 cm³/mol. The lowest BCUT2D eigenvalue weighted by molar-refractivity contribution is -0.156. The van der Waals surface area contributed by atoms with Gasteiger partial charge in [0, 0.05) is 30.7 Å². The Morgan fingerprint density at radius 1 is 1.57 bits per heavy atom. The highest BCUT2D eigenvalue weighted by Crippen LogP contribution is 2.50. The molecule has 1 saturated heterocycles. The summed E-state index contributed by atoms with van der Waals surface area (Å²) in [6.45, 7) is 4.70. The summed E-state index contributed by atoms with van der Waals surface area (Å²) in [6.07, 6.45) is 7.92. The van der Waals surface area contributed by atoms with Crippen LogP contribution in [0.5, 0.6) is 0 Å². The summed E-state index contributed by atoms with van der Waals surface area (Å²) < 4.78 is 11.4. The second kappa shape index (κ2) is 5.60. The quantitative estimate of drug-likeness (QED) is 0.633. The fourth-order valence-electron chi connectivity index (χ4n) is 3.37. The van der Waals surface area contributed by atoms with Gasteiger partial charge in [-0.2, -0.15) is 0 Å². The average molecular weight is 287 g/mol. The van der Waals surface area contributed by atoms with E-state index in [-0.39, 0.29) is 17.5 Å². The van der Waals surface area contributed by atoms with Gasteiger partial charge in [0.25, 0.3) is 0 Å². The van der Waals surface area contributed by atoms with Crippen molar-refractivity contribution in [3.8, 4) is 0 Å². The molecule has 0 N–H and O–H groups in total. The normalized spacial score (nSPS) is 31.4. The van der Waals surface area contributed by atoms with Gasteiger partial charge in [-0.25, -0.2) is 0 Å². The third kappa shape index (κ3) is 2.86. The van der Waals surface area contributed by atoms with E-state index in [0.29, 0.717) is 19.1 Å². The van der Waals surface area contributed by atoms with E-state index in [9.17, 15) is 4.79 Å².